The minimum atomic E-state index is -1.72. The van der Waals surface area contributed by atoms with Crippen LogP contribution in [0, 0.1) is 12.3 Å². The highest BCUT2D eigenvalue weighted by Crippen LogP contribution is 2.27. The van der Waals surface area contributed by atoms with E-state index in [4.69, 9.17) is 14.9 Å². The van der Waals surface area contributed by atoms with Crippen molar-refractivity contribution in [2.24, 2.45) is 0 Å². The third-order valence-corrected chi connectivity index (χ3v) is 6.01. The van der Waals surface area contributed by atoms with E-state index in [1.54, 1.807) is 54.3 Å². The number of ether oxygens (including phenoxy) is 2. The molecule has 0 bridgehead atoms. The van der Waals surface area contributed by atoms with E-state index in [-0.39, 0.29) is 25.7 Å². The van der Waals surface area contributed by atoms with E-state index < -0.39 is 24.0 Å². The quantitative estimate of drug-likeness (QED) is 0.537. The van der Waals surface area contributed by atoms with E-state index in [0.29, 0.717) is 35.9 Å². The third-order valence-electron chi connectivity index (χ3n) is 6.01. The molecule has 2 atom stereocenters. The molecule has 2 aliphatic rings. The summed E-state index contributed by atoms with van der Waals surface area (Å²) in [5.41, 5.74) is 3.60. The normalized spacial score (nSPS) is 19.5. The van der Waals surface area contributed by atoms with E-state index in [1.807, 2.05) is 6.92 Å². The van der Waals surface area contributed by atoms with Gasteiger partial charge in [-0.3, -0.25) is 14.4 Å². The Bertz CT molecular complexity index is 1170. The van der Waals surface area contributed by atoms with E-state index >= 15 is 0 Å². The van der Waals surface area contributed by atoms with Crippen LogP contribution in [0.5, 0.6) is 0 Å². The van der Waals surface area contributed by atoms with Gasteiger partial charge in [-0.05, 0) is 55.3 Å². The Hall–Kier alpha value is -3.60. The van der Waals surface area contributed by atoms with Crippen molar-refractivity contribution in [2.45, 2.75) is 26.1 Å². The molecule has 0 spiro atoms. The predicted octanol–water partition coefficient (Wildman–Crippen LogP) is 1.48. The van der Waals surface area contributed by atoms with Crippen molar-refractivity contribution >= 4 is 40.5 Å². The second-order valence-corrected chi connectivity index (χ2v) is 8.49. The van der Waals surface area contributed by atoms with Gasteiger partial charge in [0.2, 0.25) is 0 Å². The zero-order valence-electron chi connectivity index (χ0n) is 19.6. The Morgan fingerprint density at radius 2 is 1.83 bits per heavy atom. The molecule has 0 aromatic heterocycles. The zero-order chi connectivity index (χ0) is 25.1. The lowest BCUT2D eigenvalue weighted by Gasteiger charge is -2.35. The number of rotatable bonds is 6. The molecule has 184 valence electrons. The summed E-state index contributed by atoms with van der Waals surface area (Å²) in [6.07, 6.45) is -3.10. The second kappa shape index (κ2) is 10.3. The summed E-state index contributed by atoms with van der Waals surface area (Å²) >= 11 is 0. The van der Waals surface area contributed by atoms with Gasteiger partial charge in [0.25, 0.3) is 17.7 Å². The van der Waals surface area contributed by atoms with Crippen LogP contribution in [-0.2, 0) is 23.9 Å². The van der Waals surface area contributed by atoms with Crippen molar-refractivity contribution in [1.82, 2.24) is 0 Å². The molecule has 35 heavy (non-hydrogen) atoms. The Labute approximate surface area is 202 Å². The molecule has 10 heteroatoms. The van der Waals surface area contributed by atoms with Crippen molar-refractivity contribution in [2.75, 3.05) is 48.0 Å². The molecule has 0 aliphatic carbocycles. The Morgan fingerprint density at radius 1 is 1.11 bits per heavy atom. The van der Waals surface area contributed by atoms with Crippen LogP contribution in [0.2, 0.25) is 0 Å². The van der Waals surface area contributed by atoms with E-state index in [9.17, 15) is 19.5 Å². The summed E-state index contributed by atoms with van der Waals surface area (Å²) in [5, 5.41) is 21.0. The maximum absolute atomic E-state index is 13.2. The van der Waals surface area contributed by atoms with Crippen molar-refractivity contribution in [3.8, 4) is 0 Å². The van der Waals surface area contributed by atoms with Gasteiger partial charge in [0.1, 0.15) is 6.61 Å². The molecular weight excluding hydrogens is 452 g/mol. The van der Waals surface area contributed by atoms with Crippen LogP contribution >= 0.6 is 0 Å². The molecule has 2 aromatic carbocycles. The maximum Gasteiger partial charge on any atom is 0.259 e. The SMILES string of the molecule is CC(=N)c1ccc(NC(=O)C(O)C2OCCN(c3cccc(N4CCOCC4=O)c3)C2=O)cc1C. The lowest BCUT2D eigenvalue weighted by molar-refractivity contribution is -0.150. The second-order valence-electron chi connectivity index (χ2n) is 8.49. The fourth-order valence-electron chi connectivity index (χ4n) is 4.22. The highest BCUT2D eigenvalue weighted by atomic mass is 16.5. The van der Waals surface area contributed by atoms with Gasteiger partial charge in [0, 0.05) is 35.9 Å². The zero-order valence-corrected chi connectivity index (χ0v) is 19.6. The van der Waals surface area contributed by atoms with Gasteiger partial charge in [-0.25, -0.2) is 0 Å². The number of hydrogen-bond acceptors (Lipinski definition) is 7. The van der Waals surface area contributed by atoms with Crippen LogP contribution in [0.3, 0.4) is 0 Å². The first-order chi connectivity index (χ1) is 16.8. The topological polar surface area (TPSA) is 132 Å². The van der Waals surface area contributed by atoms with E-state index in [0.717, 1.165) is 11.1 Å². The summed E-state index contributed by atoms with van der Waals surface area (Å²) in [4.78, 5) is 41.2. The number of nitrogens with one attached hydrogen (secondary N) is 2. The van der Waals surface area contributed by atoms with E-state index in [2.05, 4.69) is 5.32 Å². The number of anilines is 3. The summed E-state index contributed by atoms with van der Waals surface area (Å²) in [6, 6.07) is 12.0. The lowest BCUT2D eigenvalue weighted by atomic mass is 10.0. The first-order valence-corrected chi connectivity index (χ1v) is 11.3. The van der Waals surface area contributed by atoms with Crippen molar-refractivity contribution in [3.05, 3.63) is 53.6 Å². The molecule has 2 aliphatic heterocycles. The smallest absolute Gasteiger partial charge is 0.259 e. The van der Waals surface area contributed by atoms with Crippen LogP contribution in [0.15, 0.2) is 42.5 Å². The molecule has 2 heterocycles. The average Bonchev–Trinajstić information content (AvgIpc) is 2.84. The fourth-order valence-corrected chi connectivity index (χ4v) is 4.22. The van der Waals surface area contributed by atoms with Crippen LogP contribution in [0.4, 0.5) is 17.1 Å². The molecule has 4 rings (SSSR count). The molecular formula is C25H28N4O6. The first kappa shape index (κ1) is 24.5. The van der Waals surface area contributed by atoms with Gasteiger partial charge in [0.05, 0.1) is 13.2 Å². The van der Waals surface area contributed by atoms with Crippen LogP contribution in [0.25, 0.3) is 0 Å². The predicted molar refractivity (Wildman–Crippen MR) is 130 cm³/mol. The van der Waals surface area contributed by atoms with Crippen molar-refractivity contribution in [3.63, 3.8) is 0 Å². The summed E-state index contributed by atoms with van der Waals surface area (Å²) < 4.78 is 10.7. The van der Waals surface area contributed by atoms with Gasteiger partial charge in [0.15, 0.2) is 12.2 Å². The van der Waals surface area contributed by atoms with Crippen molar-refractivity contribution < 1.29 is 29.0 Å². The Morgan fingerprint density at radius 3 is 2.51 bits per heavy atom. The average molecular weight is 481 g/mol. The van der Waals surface area contributed by atoms with Crippen molar-refractivity contribution in [1.29, 1.82) is 5.41 Å². The third kappa shape index (κ3) is 5.24. The number of hydrogen-bond donors (Lipinski definition) is 3. The minimum absolute atomic E-state index is 0.00726. The number of carbonyl (C=O) groups is 3. The Balaban J connectivity index is 1.47. The van der Waals surface area contributed by atoms with Crippen LogP contribution < -0.4 is 15.1 Å². The first-order valence-electron chi connectivity index (χ1n) is 11.3. The monoisotopic (exact) mass is 480 g/mol. The minimum Gasteiger partial charge on any atom is -0.380 e. The summed E-state index contributed by atoms with van der Waals surface area (Å²) in [6.45, 7) is 4.73. The molecule has 2 unspecified atom stereocenters. The molecule has 0 saturated carbocycles. The fraction of sp³-hybridized carbons (Fsp3) is 0.360. The van der Waals surface area contributed by atoms with Gasteiger partial charge in [-0.2, -0.15) is 0 Å². The standard InChI is InChI=1S/C25H28N4O6/c1-15-12-17(6-7-20(15)16(2)26)27-24(32)22(31)23-25(33)29(9-11-35-23)19-5-3-4-18(13-19)28-8-10-34-14-21(28)30/h3-7,12-13,22-23,26,31H,8-11,14H2,1-2H3,(H,27,32). The maximum atomic E-state index is 13.2. The number of amides is 3. The molecule has 3 amide bonds. The van der Waals surface area contributed by atoms with Crippen LogP contribution in [0.1, 0.15) is 18.1 Å². The molecule has 2 fully saturated rings. The number of aryl methyl sites for hydroxylation is 1. The largest absolute Gasteiger partial charge is 0.380 e. The van der Waals surface area contributed by atoms with Gasteiger partial charge >= 0.3 is 0 Å². The van der Waals surface area contributed by atoms with Crippen LogP contribution in [-0.4, -0.2) is 73.7 Å². The number of aliphatic hydroxyl groups is 1. The number of benzene rings is 2. The summed E-state index contributed by atoms with van der Waals surface area (Å²) in [5.74, 6) is -1.47. The van der Waals surface area contributed by atoms with Gasteiger partial charge in [-0.15, -0.1) is 0 Å². The lowest BCUT2D eigenvalue weighted by Crippen LogP contribution is -2.55. The highest BCUT2D eigenvalue weighted by Gasteiger charge is 2.39. The Kier molecular flexibility index (Phi) is 7.25. The molecule has 10 nitrogen and oxygen atoms in total. The van der Waals surface area contributed by atoms with E-state index in [1.165, 1.54) is 4.90 Å². The number of aliphatic hydroxyl groups excluding tert-OH is 1. The highest BCUT2D eigenvalue weighted by molar-refractivity contribution is 6.05. The molecule has 3 N–H and O–H groups in total. The van der Waals surface area contributed by atoms with Gasteiger partial charge < -0.3 is 35.1 Å². The van der Waals surface area contributed by atoms with Gasteiger partial charge in [-0.1, -0.05) is 12.1 Å². The number of nitrogens with zero attached hydrogens (tertiary/aromatic N) is 2. The number of carbonyl (C=O) groups excluding carboxylic acids is 3. The summed E-state index contributed by atoms with van der Waals surface area (Å²) in [7, 11) is 0. The number of morpholine rings is 2. The molecule has 2 saturated heterocycles. The molecule has 0 radical (unpaired) electrons. The molecule has 2 aromatic rings.